The van der Waals surface area contributed by atoms with E-state index < -0.39 is 11.9 Å². The van der Waals surface area contributed by atoms with Crippen molar-refractivity contribution < 1.29 is 19.0 Å². The molecule has 5 heteroatoms. The number of aryl methyl sites for hydroxylation is 1. The van der Waals surface area contributed by atoms with Crippen molar-refractivity contribution in [2.75, 3.05) is 7.05 Å². The Hall–Kier alpha value is -1.75. The van der Waals surface area contributed by atoms with Crippen molar-refractivity contribution >= 4 is 6.09 Å². The molecular formula is C13H17NO4. The Balaban J connectivity index is 2.40. The van der Waals surface area contributed by atoms with Gasteiger partial charge >= 0.3 is 6.09 Å². The van der Waals surface area contributed by atoms with Crippen LogP contribution < -0.4 is 14.8 Å². The highest BCUT2D eigenvalue weighted by Gasteiger charge is 2.30. The van der Waals surface area contributed by atoms with E-state index in [4.69, 9.17) is 14.2 Å². The van der Waals surface area contributed by atoms with Crippen molar-refractivity contribution in [1.82, 2.24) is 5.32 Å². The number of fused-ring (bicyclic) bond motifs is 1. The molecule has 0 radical (unpaired) electrons. The normalized spacial score (nSPS) is 16.4. The molecule has 1 amide bonds. The largest absolute Gasteiger partial charge is 0.459 e. The van der Waals surface area contributed by atoms with Crippen LogP contribution in [0.4, 0.5) is 4.79 Å². The maximum atomic E-state index is 11.3. The number of carbonyl (C=O) groups excluding carboxylic acids is 1. The molecule has 1 heterocycles. The van der Waals surface area contributed by atoms with Crippen LogP contribution in [0.25, 0.3) is 0 Å². The van der Waals surface area contributed by atoms with Crippen molar-refractivity contribution in [2.45, 2.75) is 33.2 Å². The number of benzene rings is 1. The third-order valence-corrected chi connectivity index (χ3v) is 2.61. The van der Waals surface area contributed by atoms with Crippen LogP contribution in [0.2, 0.25) is 0 Å². The average Bonchev–Trinajstić information content (AvgIpc) is 2.29. The molecule has 0 aliphatic carbocycles. The second-order valence-corrected chi connectivity index (χ2v) is 4.68. The molecule has 1 N–H and O–H groups in total. The minimum Gasteiger partial charge on any atom is -0.459 e. The summed E-state index contributed by atoms with van der Waals surface area (Å²) < 4.78 is 16.5. The van der Waals surface area contributed by atoms with Crippen molar-refractivity contribution in [3.63, 3.8) is 0 Å². The molecule has 0 aromatic heterocycles. The summed E-state index contributed by atoms with van der Waals surface area (Å²) in [5, 5.41) is 2.41. The summed E-state index contributed by atoms with van der Waals surface area (Å²) in [6, 6.07) is 3.73. The average molecular weight is 251 g/mol. The Kier molecular flexibility index (Phi) is 3.17. The van der Waals surface area contributed by atoms with Crippen molar-refractivity contribution in [3.8, 4) is 11.5 Å². The van der Waals surface area contributed by atoms with Gasteiger partial charge in [-0.2, -0.15) is 0 Å². The fourth-order valence-corrected chi connectivity index (χ4v) is 1.79. The molecule has 0 saturated carbocycles. The highest BCUT2D eigenvalue weighted by molar-refractivity contribution is 5.71. The third kappa shape index (κ3) is 2.56. The Bertz CT molecular complexity index is 482. The summed E-state index contributed by atoms with van der Waals surface area (Å²) >= 11 is 0. The van der Waals surface area contributed by atoms with Gasteiger partial charge in [-0.1, -0.05) is 0 Å². The molecule has 0 unspecified atom stereocenters. The van der Waals surface area contributed by atoms with E-state index in [0.29, 0.717) is 18.1 Å². The number of ether oxygens (including phenoxy) is 3. The topological polar surface area (TPSA) is 56.8 Å². The van der Waals surface area contributed by atoms with Gasteiger partial charge < -0.3 is 19.5 Å². The zero-order valence-corrected chi connectivity index (χ0v) is 11.0. The Labute approximate surface area is 106 Å². The maximum absolute atomic E-state index is 11.3. The first-order valence-electron chi connectivity index (χ1n) is 5.77. The van der Waals surface area contributed by atoms with E-state index in [2.05, 4.69) is 5.32 Å². The molecule has 0 bridgehead atoms. The minimum absolute atomic E-state index is 0.417. The molecule has 1 aliphatic rings. The van der Waals surface area contributed by atoms with Crippen LogP contribution in [-0.2, 0) is 11.3 Å². The van der Waals surface area contributed by atoms with Gasteiger partial charge in [0.2, 0.25) is 5.79 Å². The summed E-state index contributed by atoms with van der Waals surface area (Å²) in [5.41, 5.74) is 1.87. The summed E-state index contributed by atoms with van der Waals surface area (Å²) in [7, 11) is 1.51. The molecule has 1 aliphatic heterocycles. The summed E-state index contributed by atoms with van der Waals surface area (Å²) in [6.45, 7) is 6.00. The number of carbonyl (C=O) groups is 1. The molecule has 0 fully saturated rings. The van der Waals surface area contributed by atoms with Crippen molar-refractivity contribution in [2.24, 2.45) is 0 Å². The van der Waals surface area contributed by atoms with E-state index in [1.807, 2.05) is 26.8 Å². The second kappa shape index (κ2) is 4.49. The molecule has 98 valence electrons. The van der Waals surface area contributed by atoms with Gasteiger partial charge in [0.1, 0.15) is 0 Å². The van der Waals surface area contributed by atoms with E-state index in [1.54, 1.807) is 6.07 Å². The minimum atomic E-state index is -0.719. The van der Waals surface area contributed by atoms with Crippen molar-refractivity contribution in [3.05, 3.63) is 23.3 Å². The van der Waals surface area contributed by atoms with E-state index in [9.17, 15) is 4.79 Å². The highest BCUT2D eigenvalue weighted by Crippen LogP contribution is 2.39. The van der Waals surface area contributed by atoms with Gasteiger partial charge in [0.25, 0.3) is 0 Å². The Morgan fingerprint density at radius 3 is 2.83 bits per heavy atom. The molecule has 5 nitrogen and oxygen atoms in total. The van der Waals surface area contributed by atoms with Crippen molar-refractivity contribution in [1.29, 1.82) is 0 Å². The summed E-state index contributed by atoms with van der Waals surface area (Å²) in [4.78, 5) is 11.3. The van der Waals surface area contributed by atoms with Crippen LogP contribution in [0, 0.1) is 6.92 Å². The smallest absolute Gasteiger partial charge is 0.412 e. The number of hydrogen-bond donors (Lipinski definition) is 1. The predicted molar refractivity (Wildman–Crippen MR) is 65.8 cm³/mol. The molecule has 0 atom stereocenters. The van der Waals surface area contributed by atoms with Gasteiger partial charge in [0, 0.05) is 26.5 Å². The number of hydrogen-bond acceptors (Lipinski definition) is 4. The fourth-order valence-electron chi connectivity index (χ4n) is 1.79. The quantitative estimate of drug-likeness (QED) is 0.832. The molecule has 0 saturated heterocycles. The molecule has 0 spiro atoms. The third-order valence-electron chi connectivity index (χ3n) is 2.61. The number of amides is 1. The van der Waals surface area contributed by atoms with Gasteiger partial charge in [0.05, 0.1) is 6.61 Å². The monoisotopic (exact) mass is 251 g/mol. The van der Waals surface area contributed by atoms with Gasteiger partial charge in [-0.05, 0) is 24.6 Å². The fraction of sp³-hybridized carbons (Fsp3) is 0.462. The van der Waals surface area contributed by atoms with Gasteiger partial charge in [-0.15, -0.1) is 0 Å². The first-order chi connectivity index (χ1) is 8.41. The molecular weight excluding hydrogens is 234 g/mol. The lowest BCUT2D eigenvalue weighted by atomic mass is 10.1. The number of nitrogens with one attached hydrogen (secondary N) is 1. The second-order valence-electron chi connectivity index (χ2n) is 4.68. The molecule has 2 rings (SSSR count). The van der Waals surface area contributed by atoms with Crippen LogP contribution in [0.1, 0.15) is 25.0 Å². The van der Waals surface area contributed by atoms with Crippen LogP contribution >= 0.6 is 0 Å². The lowest BCUT2D eigenvalue weighted by molar-refractivity contribution is -0.180. The molecule has 1 aromatic rings. The standard InChI is InChI=1S/C13H17NO4/c1-8-5-9-7-16-13(2,3)18-11(9)10(6-8)17-12(15)14-4/h5-6H,7H2,1-4H3,(H,14,15). The molecule has 18 heavy (non-hydrogen) atoms. The van der Waals surface area contributed by atoms with E-state index in [-0.39, 0.29) is 0 Å². The molecule has 1 aromatic carbocycles. The van der Waals surface area contributed by atoms with E-state index in [1.165, 1.54) is 7.05 Å². The highest BCUT2D eigenvalue weighted by atomic mass is 16.7. The van der Waals surface area contributed by atoms with Crippen LogP contribution in [0.5, 0.6) is 11.5 Å². The summed E-state index contributed by atoms with van der Waals surface area (Å²) in [6.07, 6.45) is -0.518. The Morgan fingerprint density at radius 2 is 2.17 bits per heavy atom. The van der Waals surface area contributed by atoms with Crippen LogP contribution in [0.3, 0.4) is 0 Å². The van der Waals surface area contributed by atoms with Gasteiger partial charge in [0.15, 0.2) is 11.5 Å². The van der Waals surface area contributed by atoms with Gasteiger partial charge in [-0.3, -0.25) is 0 Å². The maximum Gasteiger partial charge on any atom is 0.412 e. The Morgan fingerprint density at radius 1 is 1.44 bits per heavy atom. The van der Waals surface area contributed by atoms with Crippen LogP contribution in [-0.4, -0.2) is 18.9 Å². The number of rotatable bonds is 1. The van der Waals surface area contributed by atoms with E-state index >= 15 is 0 Å². The zero-order chi connectivity index (χ0) is 13.3. The van der Waals surface area contributed by atoms with Gasteiger partial charge in [-0.25, -0.2) is 4.79 Å². The predicted octanol–water partition coefficient (Wildman–Crippen LogP) is 2.36. The SMILES string of the molecule is CNC(=O)Oc1cc(C)cc2c1OC(C)(C)OC2. The first kappa shape index (κ1) is 12.7. The van der Waals surface area contributed by atoms with E-state index in [0.717, 1.165) is 11.1 Å². The lowest BCUT2D eigenvalue weighted by Crippen LogP contribution is -2.36. The first-order valence-corrected chi connectivity index (χ1v) is 5.77. The summed E-state index contributed by atoms with van der Waals surface area (Å²) in [5.74, 6) is 0.268. The lowest BCUT2D eigenvalue weighted by Gasteiger charge is -2.33. The van der Waals surface area contributed by atoms with Crippen LogP contribution in [0.15, 0.2) is 12.1 Å². The zero-order valence-electron chi connectivity index (χ0n) is 11.0.